The third kappa shape index (κ3) is 2.36. The molecule has 0 amide bonds. The Kier molecular flexibility index (Phi) is 3.31. The van der Waals surface area contributed by atoms with E-state index in [0.717, 1.165) is 17.4 Å². The van der Waals surface area contributed by atoms with E-state index in [1.807, 2.05) is 0 Å². The quantitative estimate of drug-likeness (QED) is 0.370. The number of hydrogen-bond acceptors (Lipinski definition) is 7. The largest absolute Gasteiger partial charge is 0.506 e. The molecule has 1 rings (SSSR count). The molecule has 0 fully saturated rings. The molecule has 0 aliphatic heterocycles. The number of carbonyl (C=O) groups excluding carboxylic acids is 1. The predicted octanol–water partition coefficient (Wildman–Crippen LogP) is 1.52. The van der Waals surface area contributed by atoms with Crippen LogP contribution < -0.4 is 0 Å². The second kappa shape index (κ2) is 4.29. The summed E-state index contributed by atoms with van der Waals surface area (Å²) < 4.78 is 3.98. The maximum atomic E-state index is 11.0. The topological polar surface area (TPSA) is 89.7 Å². The van der Waals surface area contributed by atoms with E-state index in [2.05, 4.69) is 4.74 Å². The molecule has 8 heteroatoms. The Morgan fingerprint density at radius 3 is 2.93 bits per heavy atom. The molecule has 0 spiro atoms. The van der Waals surface area contributed by atoms with E-state index < -0.39 is 10.3 Å². The molecule has 0 radical (unpaired) electrons. The number of methoxy groups -OCH3 is 1. The molecule has 14 heavy (non-hydrogen) atoms. The van der Waals surface area contributed by atoms with Crippen LogP contribution in [0.15, 0.2) is 10.3 Å². The van der Waals surface area contributed by atoms with E-state index in [9.17, 15) is 20.0 Å². The molecule has 1 N–H and O–H groups in total. The number of carbonyl (C=O) groups is 1. The Hall–Kier alpha value is -1.28. The van der Waals surface area contributed by atoms with Crippen molar-refractivity contribution in [2.75, 3.05) is 7.11 Å². The Balaban J connectivity index is 2.93. The van der Waals surface area contributed by atoms with Crippen molar-refractivity contribution in [2.24, 2.45) is 0 Å². The van der Waals surface area contributed by atoms with Crippen molar-refractivity contribution in [3.8, 4) is 5.75 Å². The summed E-state index contributed by atoms with van der Waals surface area (Å²) in [5.41, 5.74) is 0. The first-order valence-corrected chi connectivity index (χ1v) is 4.87. The monoisotopic (exact) mass is 235 g/mol. The van der Waals surface area contributed by atoms with E-state index in [1.54, 1.807) is 0 Å². The van der Waals surface area contributed by atoms with E-state index >= 15 is 0 Å². The number of ether oxygens (including phenoxy) is 1. The minimum absolute atomic E-state index is 0.0307. The van der Waals surface area contributed by atoms with Crippen molar-refractivity contribution in [1.29, 1.82) is 0 Å². The first-order valence-electron chi connectivity index (χ1n) is 3.28. The van der Waals surface area contributed by atoms with Gasteiger partial charge in [0.15, 0.2) is 4.88 Å². The lowest BCUT2D eigenvalue weighted by Crippen LogP contribution is -1.97. The van der Waals surface area contributed by atoms with Crippen molar-refractivity contribution in [3.05, 3.63) is 21.1 Å². The Morgan fingerprint density at radius 1 is 1.79 bits per heavy atom. The zero-order valence-electron chi connectivity index (χ0n) is 6.92. The molecule has 0 saturated heterocycles. The lowest BCUT2D eigenvalue weighted by atomic mass is 10.4. The van der Waals surface area contributed by atoms with Gasteiger partial charge in [-0.25, -0.2) is 4.79 Å². The summed E-state index contributed by atoms with van der Waals surface area (Å²) in [5, 5.41) is 19.3. The smallest absolute Gasteiger partial charge is 0.351 e. The molecule has 0 unspecified atom stereocenters. The average molecular weight is 235 g/mol. The highest BCUT2D eigenvalue weighted by Gasteiger charge is 2.19. The second-order valence-electron chi connectivity index (χ2n) is 2.09. The summed E-state index contributed by atoms with van der Waals surface area (Å²) in [7, 11) is 1.17. The van der Waals surface area contributed by atoms with Crippen LogP contribution in [0.1, 0.15) is 9.67 Å². The number of esters is 1. The van der Waals surface area contributed by atoms with Gasteiger partial charge in [0.1, 0.15) is 14.3 Å². The third-order valence-electron chi connectivity index (χ3n) is 1.23. The van der Waals surface area contributed by atoms with E-state index in [4.69, 9.17) is 0 Å². The average Bonchev–Trinajstić information content (AvgIpc) is 2.44. The van der Waals surface area contributed by atoms with E-state index in [0.29, 0.717) is 11.9 Å². The zero-order chi connectivity index (χ0) is 10.7. The molecule has 76 valence electrons. The van der Waals surface area contributed by atoms with Gasteiger partial charge in [-0.05, 0) is 0 Å². The predicted molar refractivity (Wildman–Crippen MR) is 50.2 cm³/mol. The standard InChI is InChI=1S/C6H5NO5S2/c1-12-6(9)5-3(8)2-4(13-5)14-7(10)11/h2,8H,1H3. The van der Waals surface area contributed by atoms with Crippen LogP contribution in [-0.4, -0.2) is 22.5 Å². The summed E-state index contributed by atoms with van der Waals surface area (Å²) in [6.45, 7) is 0. The van der Waals surface area contributed by atoms with Crippen LogP contribution in [0.3, 0.4) is 0 Å². The van der Waals surface area contributed by atoms with Crippen LogP contribution in [-0.2, 0) is 4.74 Å². The molecule has 0 bridgehead atoms. The van der Waals surface area contributed by atoms with Crippen LogP contribution in [0, 0.1) is 10.1 Å². The van der Waals surface area contributed by atoms with Gasteiger partial charge in [0.2, 0.25) is 0 Å². The first kappa shape index (κ1) is 10.8. The molecule has 0 aliphatic carbocycles. The summed E-state index contributed by atoms with van der Waals surface area (Å²) in [6.07, 6.45) is 0. The van der Waals surface area contributed by atoms with E-state index in [1.165, 1.54) is 7.11 Å². The highest BCUT2D eigenvalue weighted by Crippen LogP contribution is 2.35. The van der Waals surface area contributed by atoms with Crippen LogP contribution >= 0.6 is 23.3 Å². The van der Waals surface area contributed by atoms with Gasteiger partial charge in [-0.2, -0.15) is 0 Å². The van der Waals surface area contributed by atoms with Crippen molar-refractivity contribution in [2.45, 2.75) is 4.21 Å². The van der Waals surface area contributed by atoms with Gasteiger partial charge in [0, 0.05) is 6.07 Å². The maximum Gasteiger partial charge on any atom is 0.351 e. The number of aromatic hydroxyl groups is 1. The lowest BCUT2D eigenvalue weighted by molar-refractivity contribution is -0.284. The van der Waals surface area contributed by atoms with Crippen LogP contribution in [0.2, 0.25) is 0 Å². The molecular weight excluding hydrogens is 230 g/mol. The molecule has 1 aromatic heterocycles. The third-order valence-corrected chi connectivity index (χ3v) is 3.04. The van der Waals surface area contributed by atoms with Crippen molar-refractivity contribution < 1.29 is 19.0 Å². The maximum absolute atomic E-state index is 11.0. The highest BCUT2D eigenvalue weighted by molar-refractivity contribution is 7.95. The Labute approximate surface area is 86.8 Å². The molecule has 1 aromatic rings. The molecular formula is C6H5NO5S2. The van der Waals surface area contributed by atoms with Gasteiger partial charge in [-0.1, -0.05) is 0 Å². The summed E-state index contributed by atoms with van der Waals surface area (Å²) >= 11 is 1.15. The number of nitro groups is 1. The van der Waals surface area contributed by atoms with Gasteiger partial charge >= 0.3 is 5.97 Å². The van der Waals surface area contributed by atoms with Gasteiger partial charge in [-0.3, -0.25) is 10.1 Å². The number of rotatable bonds is 3. The fourth-order valence-electron chi connectivity index (χ4n) is 0.717. The molecule has 6 nitrogen and oxygen atoms in total. The second-order valence-corrected chi connectivity index (χ2v) is 4.32. The summed E-state index contributed by atoms with van der Waals surface area (Å²) in [5.74, 6) is -1.01. The SMILES string of the molecule is COC(=O)c1sc(S[N+](=O)[O-])cc1O. The van der Waals surface area contributed by atoms with Crippen LogP contribution in [0.5, 0.6) is 5.75 Å². The number of thiophene rings is 1. The minimum atomic E-state index is -0.706. The number of hydrogen-bond donors (Lipinski definition) is 1. The van der Waals surface area contributed by atoms with Crippen molar-refractivity contribution in [3.63, 3.8) is 0 Å². The molecule has 0 aromatic carbocycles. The fraction of sp³-hybridized carbons (Fsp3) is 0.167. The van der Waals surface area contributed by atoms with Gasteiger partial charge in [0.05, 0.1) is 7.11 Å². The van der Waals surface area contributed by atoms with Crippen molar-refractivity contribution in [1.82, 2.24) is 0 Å². The van der Waals surface area contributed by atoms with Gasteiger partial charge in [-0.15, -0.1) is 11.3 Å². The molecule has 0 aliphatic rings. The lowest BCUT2D eigenvalue weighted by Gasteiger charge is -1.93. The van der Waals surface area contributed by atoms with Crippen LogP contribution in [0.4, 0.5) is 0 Å². The molecule has 1 heterocycles. The Bertz CT molecular complexity index is 374. The molecule has 0 saturated carbocycles. The van der Waals surface area contributed by atoms with Gasteiger partial charge < -0.3 is 9.84 Å². The normalized spacial score (nSPS) is 9.79. The minimum Gasteiger partial charge on any atom is -0.506 e. The van der Waals surface area contributed by atoms with E-state index in [-0.39, 0.29) is 14.8 Å². The summed E-state index contributed by atoms with van der Waals surface area (Å²) in [4.78, 5) is 21.1. The van der Waals surface area contributed by atoms with Gasteiger partial charge in [0.25, 0.3) is 11.9 Å². The zero-order valence-corrected chi connectivity index (χ0v) is 8.55. The number of nitrogens with zero attached hydrogens (tertiary/aromatic N) is 1. The summed E-state index contributed by atoms with van der Waals surface area (Å²) in [6, 6.07) is 1.16. The first-order chi connectivity index (χ1) is 6.54. The molecule has 0 atom stereocenters. The highest BCUT2D eigenvalue weighted by atomic mass is 32.2. The fourth-order valence-corrected chi connectivity index (χ4v) is 2.31. The van der Waals surface area contributed by atoms with Crippen molar-refractivity contribution >= 4 is 29.3 Å². The Morgan fingerprint density at radius 2 is 2.43 bits per heavy atom. The van der Waals surface area contributed by atoms with Crippen LogP contribution in [0.25, 0.3) is 0 Å².